The van der Waals surface area contributed by atoms with E-state index in [9.17, 15) is 14.0 Å². The Morgan fingerprint density at radius 1 is 1.16 bits per heavy atom. The molecule has 4 aliphatic rings. The molecule has 1 aromatic rings. The monoisotopic (exact) mass is 442 g/mol. The minimum absolute atomic E-state index is 0.00397. The molecule has 3 saturated carbocycles. The number of halogens is 1. The van der Waals surface area contributed by atoms with Crippen molar-refractivity contribution in [1.82, 2.24) is 10.2 Å². The Labute approximate surface area is 188 Å². The van der Waals surface area contributed by atoms with Crippen LogP contribution >= 0.6 is 0 Å². The average molecular weight is 443 g/mol. The van der Waals surface area contributed by atoms with E-state index < -0.39 is 12.2 Å². The Hall–Kier alpha value is -2.50. The van der Waals surface area contributed by atoms with Gasteiger partial charge in [0.2, 0.25) is 11.8 Å². The van der Waals surface area contributed by atoms with Crippen molar-refractivity contribution < 1.29 is 19.1 Å². The van der Waals surface area contributed by atoms with Crippen molar-refractivity contribution in [2.45, 2.75) is 69.1 Å². The number of amides is 2. The predicted octanol–water partition coefficient (Wildman–Crippen LogP) is 2.31. The largest absolute Gasteiger partial charge is 0.396 e. The summed E-state index contributed by atoms with van der Waals surface area (Å²) in [4.78, 5) is 27.0. The van der Waals surface area contributed by atoms with Crippen LogP contribution in [0.5, 0.6) is 0 Å². The Kier molecular flexibility index (Phi) is 6.50. The number of hydrogen-bond acceptors (Lipinski definition) is 5. The standard InChI is InChI=1S/C24H31FN4O3/c25-18-13-20(14-26)29(16-18)21(31)15-27-24-9-6-23(7-10-24,8-11-24)22(32)28-19-3-1-17(2-4-19)5-12-30/h1-4,18,20,27,30H,5-13,15-16H2,(H,28,32)/t18-,20-,23?,24?/m0/s1. The molecule has 8 heteroatoms. The highest BCUT2D eigenvalue weighted by molar-refractivity contribution is 5.95. The first-order valence-electron chi connectivity index (χ1n) is 11.5. The highest BCUT2D eigenvalue weighted by atomic mass is 19.1. The molecule has 2 atom stereocenters. The van der Waals surface area contributed by atoms with Gasteiger partial charge in [-0.15, -0.1) is 0 Å². The van der Waals surface area contributed by atoms with E-state index in [0.29, 0.717) is 6.42 Å². The fourth-order valence-electron chi connectivity index (χ4n) is 5.49. The van der Waals surface area contributed by atoms with Gasteiger partial charge in [-0.05, 0) is 62.6 Å². The van der Waals surface area contributed by atoms with Crippen molar-refractivity contribution in [2.24, 2.45) is 5.41 Å². The van der Waals surface area contributed by atoms with Crippen molar-refractivity contribution in [3.8, 4) is 6.07 Å². The number of nitrogens with one attached hydrogen (secondary N) is 2. The molecular formula is C24H31FN4O3. The van der Waals surface area contributed by atoms with Crippen LogP contribution in [-0.4, -0.2) is 59.3 Å². The Morgan fingerprint density at radius 3 is 2.41 bits per heavy atom. The number of rotatable bonds is 7. The van der Waals surface area contributed by atoms with Crippen LogP contribution in [0, 0.1) is 16.7 Å². The highest BCUT2D eigenvalue weighted by Gasteiger charge is 2.52. The normalized spacial score (nSPS) is 31.3. The van der Waals surface area contributed by atoms with E-state index in [4.69, 9.17) is 10.4 Å². The molecule has 7 nitrogen and oxygen atoms in total. The number of nitrogens with zero attached hydrogens (tertiary/aromatic N) is 2. The van der Waals surface area contributed by atoms with Gasteiger partial charge in [-0.25, -0.2) is 4.39 Å². The summed E-state index contributed by atoms with van der Waals surface area (Å²) in [6.07, 6.45) is 4.30. The van der Waals surface area contributed by atoms with Gasteiger partial charge in [0.15, 0.2) is 0 Å². The number of aliphatic hydroxyl groups is 1. The summed E-state index contributed by atoms with van der Waals surface area (Å²) in [6, 6.07) is 8.92. The summed E-state index contributed by atoms with van der Waals surface area (Å²) in [5.74, 6) is -0.171. The van der Waals surface area contributed by atoms with Gasteiger partial charge in [0, 0.05) is 29.7 Å². The molecule has 0 unspecified atom stereocenters. The van der Waals surface area contributed by atoms with Gasteiger partial charge in [-0.3, -0.25) is 9.59 Å². The SMILES string of the molecule is N#C[C@@H]1C[C@H](F)CN1C(=O)CNC12CCC(C(=O)Nc3ccc(CCO)cc3)(CC1)CC2. The van der Waals surface area contributed by atoms with Crippen molar-refractivity contribution >= 4 is 17.5 Å². The Balaban J connectivity index is 1.30. The lowest BCUT2D eigenvalue weighted by Crippen LogP contribution is -2.59. The quantitative estimate of drug-likeness (QED) is 0.601. The molecule has 3 N–H and O–H groups in total. The van der Waals surface area contributed by atoms with Crippen molar-refractivity contribution in [3.63, 3.8) is 0 Å². The number of carbonyl (C=O) groups is 2. The second-order valence-corrected chi connectivity index (χ2v) is 9.56. The lowest BCUT2D eigenvalue weighted by molar-refractivity contribution is -0.135. The maximum atomic E-state index is 13.6. The van der Waals surface area contributed by atoms with Crippen molar-refractivity contribution in [1.29, 1.82) is 5.26 Å². The minimum atomic E-state index is -1.13. The van der Waals surface area contributed by atoms with Gasteiger partial charge < -0.3 is 20.6 Å². The van der Waals surface area contributed by atoms with Crippen molar-refractivity contribution in [3.05, 3.63) is 29.8 Å². The van der Waals surface area contributed by atoms with Gasteiger partial charge in [-0.2, -0.15) is 5.26 Å². The molecule has 1 heterocycles. The van der Waals surface area contributed by atoms with Gasteiger partial charge in [0.05, 0.1) is 19.2 Å². The maximum Gasteiger partial charge on any atom is 0.237 e. The summed E-state index contributed by atoms with van der Waals surface area (Å²) in [7, 11) is 0. The second kappa shape index (κ2) is 9.16. The van der Waals surface area contributed by atoms with Gasteiger partial charge in [0.25, 0.3) is 0 Å². The number of anilines is 1. The number of carbonyl (C=O) groups excluding carboxylic acids is 2. The third-order valence-corrected chi connectivity index (χ3v) is 7.67. The van der Waals surface area contributed by atoms with Gasteiger partial charge >= 0.3 is 0 Å². The van der Waals surface area contributed by atoms with Crippen LogP contribution in [0.1, 0.15) is 50.5 Å². The van der Waals surface area contributed by atoms with Crippen LogP contribution in [0.4, 0.5) is 10.1 Å². The predicted molar refractivity (Wildman–Crippen MR) is 117 cm³/mol. The molecular weight excluding hydrogens is 411 g/mol. The van der Waals surface area contributed by atoms with E-state index in [1.54, 1.807) is 0 Å². The summed E-state index contributed by atoms with van der Waals surface area (Å²) in [5, 5.41) is 24.7. The summed E-state index contributed by atoms with van der Waals surface area (Å²) < 4.78 is 13.6. The van der Waals surface area contributed by atoms with E-state index in [1.807, 2.05) is 30.3 Å². The zero-order chi connectivity index (χ0) is 22.8. The fraction of sp³-hybridized carbons (Fsp3) is 0.625. The zero-order valence-corrected chi connectivity index (χ0v) is 18.3. The van der Waals surface area contributed by atoms with E-state index >= 15 is 0 Å². The summed E-state index contributed by atoms with van der Waals surface area (Å²) in [6.45, 7) is 0.198. The zero-order valence-electron chi connectivity index (χ0n) is 18.3. The second-order valence-electron chi connectivity index (χ2n) is 9.56. The molecule has 1 aliphatic heterocycles. The molecule has 172 valence electrons. The lowest BCUT2D eigenvalue weighted by atomic mass is 9.57. The number of fused-ring (bicyclic) bond motifs is 3. The molecule has 4 fully saturated rings. The number of benzene rings is 1. The lowest BCUT2D eigenvalue weighted by Gasteiger charge is -2.52. The Morgan fingerprint density at radius 2 is 1.81 bits per heavy atom. The summed E-state index contributed by atoms with van der Waals surface area (Å²) in [5.41, 5.74) is 1.25. The van der Waals surface area contributed by atoms with Crippen LogP contribution < -0.4 is 10.6 Å². The molecule has 1 saturated heterocycles. The molecule has 0 aromatic heterocycles. The fourth-order valence-corrected chi connectivity index (χ4v) is 5.49. The van der Waals surface area contributed by atoms with Crippen molar-refractivity contribution in [2.75, 3.05) is 25.0 Å². The summed E-state index contributed by atoms with van der Waals surface area (Å²) >= 11 is 0. The third-order valence-electron chi connectivity index (χ3n) is 7.67. The first kappa shape index (κ1) is 22.7. The van der Waals surface area contributed by atoms with E-state index in [-0.39, 0.29) is 48.9 Å². The topological polar surface area (TPSA) is 105 Å². The number of nitriles is 1. The van der Waals surface area contributed by atoms with E-state index in [0.717, 1.165) is 49.8 Å². The minimum Gasteiger partial charge on any atom is -0.396 e. The molecule has 2 bridgehead atoms. The number of hydrogen-bond donors (Lipinski definition) is 3. The molecule has 5 rings (SSSR count). The van der Waals surface area contributed by atoms with Crippen LogP contribution in [0.3, 0.4) is 0 Å². The molecule has 1 aromatic carbocycles. The number of alkyl halides is 1. The Bertz CT molecular complexity index is 873. The molecule has 32 heavy (non-hydrogen) atoms. The van der Waals surface area contributed by atoms with Gasteiger partial charge in [-0.1, -0.05) is 12.1 Å². The molecule has 0 radical (unpaired) electrons. The van der Waals surface area contributed by atoms with E-state index in [2.05, 4.69) is 10.6 Å². The molecule has 0 spiro atoms. The maximum absolute atomic E-state index is 13.6. The first-order chi connectivity index (χ1) is 15.4. The highest BCUT2D eigenvalue weighted by Crippen LogP contribution is 2.52. The van der Waals surface area contributed by atoms with Crippen LogP contribution in [0.15, 0.2) is 24.3 Å². The smallest absolute Gasteiger partial charge is 0.237 e. The van der Waals surface area contributed by atoms with Gasteiger partial charge in [0.1, 0.15) is 12.2 Å². The average Bonchev–Trinajstić information content (AvgIpc) is 3.21. The molecule has 3 aliphatic carbocycles. The number of aliphatic hydroxyl groups excluding tert-OH is 1. The first-order valence-corrected chi connectivity index (χ1v) is 11.5. The third kappa shape index (κ3) is 4.50. The number of likely N-dealkylation sites (tertiary alicyclic amines) is 1. The van der Waals surface area contributed by atoms with Crippen LogP contribution in [-0.2, 0) is 16.0 Å². The van der Waals surface area contributed by atoms with Crippen LogP contribution in [0.2, 0.25) is 0 Å². The van der Waals surface area contributed by atoms with Crippen LogP contribution in [0.25, 0.3) is 0 Å². The van der Waals surface area contributed by atoms with E-state index in [1.165, 1.54) is 4.90 Å². The molecule has 2 amide bonds.